The van der Waals surface area contributed by atoms with E-state index in [0.29, 0.717) is 12.1 Å². The number of unbranched alkanes of at least 4 members (excludes halogenated alkanes) is 3. The van der Waals surface area contributed by atoms with Crippen LogP contribution in [-0.2, 0) is 6.42 Å². The average Bonchev–Trinajstić information content (AvgIpc) is 3.63. The van der Waals surface area contributed by atoms with E-state index in [1.54, 1.807) is 12.1 Å². The third-order valence-electron chi connectivity index (χ3n) is 6.02. The molecule has 0 bridgehead atoms. The molecular weight excluding hydrogens is 423 g/mol. The molecule has 1 aliphatic carbocycles. The van der Waals surface area contributed by atoms with Crippen molar-refractivity contribution in [3.8, 4) is 0 Å². The van der Waals surface area contributed by atoms with Crippen LogP contribution < -0.4 is 10.6 Å². The first-order valence-electron chi connectivity index (χ1n) is 13.1. The number of hydrogen-bond donors (Lipinski definition) is 2. The van der Waals surface area contributed by atoms with Crippen LogP contribution in [0.2, 0.25) is 0 Å². The largest absolute Gasteiger partial charge is 0.337 e. The van der Waals surface area contributed by atoms with E-state index in [-0.39, 0.29) is 5.82 Å². The van der Waals surface area contributed by atoms with E-state index in [2.05, 4.69) is 43.0 Å². The lowest BCUT2D eigenvalue weighted by molar-refractivity contribution is 0.533. The minimum absolute atomic E-state index is 0.235. The second kappa shape index (κ2) is 15.5. The van der Waals surface area contributed by atoms with Gasteiger partial charge in [0.25, 0.3) is 0 Å². The Balaban J connectivity index is 0.000000920. The van der Waals surface area contributed by atoms with Gasteiger partial charge in [-0.2, -0.15) is 0 Å². The molecule has 0 saturated heterocycles. The van der Waals surface area contributed by atoms with Gasteiger partial charge in [0.05, 0.1) is 6.54 Å². The second-order valence-corrected chi connectivity index (χ2v) is 9.34. The Morgan fingerprint density at radius 2 is 1.97 bits per heavy atom. The Bertz CT molecular complexity index is 852. The highest BCUT2D eigenvalue weighted by molar-refractivity contribution is 5.96. The van der Waals surface area contributed by atoms with Crippen LogP contribution in [-0.4, -0.2) is 37.4 Å². The molecule has 34 heavy (non-hydrogen) atoms. The van der Waals surface area contributed by atoms with Crippen LogP contribution in [0, 0.1) is 11.7 Å². The summed E-state index contributed by atoms with van der Waals surface area (Å²) >= 11 is 0. The molecule has 0 spiro atoms. The molecule has 0 unspecified atom stereocenters. The SMILES string of the molecule is C=C/C(=C1/NC(=NCCNCCC)C=CN1C)c1cc(CCCCCC)ccc1F.CC1CC1. The minimum atomic E-state index is -0.235. The monoisotopic (exact) mass is 468 g/mol. The second-order valence-electron chi connectivity index (χ2n) is 9.34. The number of aryl methyl sites for hydroxylation is 1. The molecule has 1 fully saturated rings. The van der Waals surface area contributed by atoms with Gasteiger partial charge in [-0.25, -0.2) is 4.39 Å². The highest BCUT2D eigenvalue weighted by Crippen LogP contribution is 2.27. The predicted molar refractivity (Wildman–Crippen MR) is 145 cm³/mol. The maximum atomic E-state index is 14.8. The number of nitrogens with zero attached hydrogens (tertiary/aromatic N) is 2. The van der Waals surface area contributed by atoms with E-state index < -0.39 is 0 Å². The molecule has 1 aliphatic heterocycles. The van der Waals surface area contributed by atoms with Crippen molar-refractivity contribution in [2.45, 2.75) is 72.1 Å². The van der Waals surface area contributed by atoms with E-state index in [0.717, 1.165) is 61.1 Å². The molecule has 4 nitrogen and oxygen atoms in total. The fourth-order valence-electron chi connectivity index (χ4n) is 3.61. The number of hydrogen-bond acceptors (Lipinski definition) is 3. The third-order valence-corrected chi connectivity index (χ3v) is 6.02. The molecule has 1 saturated carbocycles. The van der Waals surface area contributed by atoms with Gasteiger partial charge in [0.2, 0.25) is 0 Å². The molecule has 0 radical (unpaired) electrons. The van der Waals surface area contributed by atoms with Crippen molar-refractivity contribution in [1.82, 2.24) is 15.5 Å². The van der Waals surface area contributed by atoms with Crippen molar-refractivity contribution in [2.75, 3.05) is 26.7 Å². The van der Waals surface area contributed by atoms with E-state index in [4.69, 9.17) is 0 Å². The van der Waals surface area contributed by atoms with Gasteiger partial charge in [-0.3, -0.25) is 4.99 Å². The number of aliphatic imine (C=N–C) groups is 1. The van der Waals surface area contributed by atoms with Crippen molar-refractivity contribution in [3.63, 3.8) is 0 Å². The molecule has 3 rings (SSSR count). The molecule has 1 heterocycles. The van der Waals surface area contributed by atoms with Crippen molar-refractivity contribution < 1.29 is 4.39 Å². The smallest absolute Gasteiger partial charge is 0.131 e. The summed E-state index contributed by atoms with van der Waals surface area (Å²) in [7, 11) is 1.94. The van der Waals surface area contributed by atoms with Crippen LogP contribution in [0.1, 0.15) is 76.8 Å². The summed E-state index contributed by atoms with van der Waals surface area (Å²) in [5, 5.41) is 6.70. The van der Waals surface area contributed by atoms with Gasteiger partial charge in [0, 0.05) is 30.9 Å². The predicted octanol–water partition coefficient (Wildman–Crippen LogP) is 6.67. The fraction of sp³-hybridized carbons (Fsp3) is 0.552. The van der Waals surface area contributed by atoms with Gasteiger partial charge >= 0.3 is 0 Å². The molecule has 188 valence electrons. The van der Waals surface area contributed by atoms with Crippen LogP contribution in [0.3, 0.4) is 0 Å². The fourth-order valence-corrected chi connectivity index (χ4v) is 3.61. The van der Waals surface area contributed by atoms with Crippen molar-refractivity contribution in [1.29, 1.82) is 0 Å². The zero-order valence-electron chi connectivity index (χ0n) is 21.8. The van der Waals surface area contributed by atoms with Crippen LogP contribution in [0.5, 0.6) is 0 Å². The highest BCUT2D eigenvalue weighted by Gasteiger charge is 2.18. The summed E-state index contributed by atoms with van der Waals surface area (Å²) in [6.45, 7) is 13.1. The summed E-state index contributed by atoms with van der Waals surface area (Å²) in [6, 6.07) is 5.43. The first-order valence-corrected chi connectivity index (χ1v) is 13.1. The van der Waals surface area contributed by atoms with Gasteiger partial charge in [0.15, 0.2) is 0 Å². The van der Waals surface area contributed by atoms with Gasteiger partial charge in [0.1, 0.15) is 17.5 Å². The Labute approximate surface area is 207 Å². The number of nitrogens with one attached hydrogen (secondary N) is 2. The average molecular weight is 469 g/mol. The minimum Gasteiger partial charge on any atom is -0.337 e. The quantitative estimate of drug-likeness (QED) is 0.337. The standard InChI is InChI=1S/C25H37FN4.C4H8/c1-5-8-9-10-11-20-12-13-23(26)22(19-20)21(7-3)25-29-24(14-18-30(25)4)28-17-16-27-15-6-2;1-4-2-3-4/h7,12-14,18-19,27H,3,5-6,8-11,15-17H2,1-2,4H3,(H,28,29);4H,2-3H2,1H3/b25-21+;. The lowest BCUT2D eigenvalue weighted by Crippen LogP contribution is -2.35. The topological polar surface area (TPSA) is 39.7 Å². The highest BCUT2D eigenvalue weighted by atomic mass is 19.1. The maximum absolute atomic E-state index is 14.8. The summed E-state index contributed by atoms with van der Waals surface area (Å²) in [6.07, 6.45) is 15.4. The Morgan fingerprint density at radius 3 is 2.62 bits per heavy atom. The zero-order chi connectivity index (χ0) is 24.8. The first kappa shape index (κ1) is 27.8. The normalized spacial score (nSPS) is 17.8. The first-order chi connectivity index (χ1) is 16.5. The van der Waals surface area contributed by atoms with Crippen LogP contribution in [0.15, 0.2) is 53.9 Å². The molecule has 2 N–H and O–H groups in total. The summed E-state index contributed by atoms with van der Waals surface area (Å²) < 4.78 is 14.8. The van der Waals surface area contributed by atoms with E-state index >= 15 is 0 Å². The zero-order valence-corrected chi connectivity index (χ0v) is 21.8. The molecule has 0 atom stereocenters. The Kier molecular flexibility index (Phi) is 12.7. The van der Waals surface area contributed by atoms with E-state index in [1.807, 2.05) is 36.4 Å². The Hall–Kier alpha value is -2.40. The number of benzene rings is 1. The number of amidine groups is 1. The molecule has 1 aromatic carbocycles. The van der Waals surface area contributed by atoms with Gasteiger partial charge in [-0.1, -0.05) is 71.6 Å². The van der Waals surface area contributed by atoms with E-state index in [9.17, 15) is 4.39 Å². The summed E-state index contributed by atoms with van der Waals surface area (Å²) in [4.78, 5) is 6.56. The lowest BCUT2D eigenvalue weighted by Gasteiger charge is -2.27. The molecule has 1 aromatic rings. The van der Waals surface area contributed by atoms with Gasteiger partial charge < -0.3 is 15.5 Å². The number of halogens is 1. The van der Waals surface area contributed by atoms with Gasteiger partial charge in [-0.05, 0) is 55.5 Å². The van der Waals surface area contributed by atoms with Crippen molar-refractivity contribution in [3.05, 3.63) is 65.9 Å². The number of allylic oxidation sites excluding steroid dienone is 2. The lowest BCUT2D eigenvalue weighted by atomic mass is 9.98. The molecular formula is C29H45FN4. The third kappa shape index (κ3) is 9.84. The molecule has 0 aromatic heterocycles. The number of rotatable bonds is 12. The van der Waals surface area contributed by atoms with Gasteiger partial charge in [-0.15, -0.1) is 0 Å². The molecule has 5 heteroatoms. The van der Waals surface area contributed by atoms with Crippen LogP contribution in [0.25, 0.3) is 5.57 Å². The van der Waals surface area contributed by atoms with Crippen molar-refractivity contribution >= 4 is 11.4 Å². The van der Waals surface area contributed by atoms with Crippen LogP contribution in [0.4, 0.5) is 4.39 Å². The van der Waals surface area contributed by atoms with E-state index in [1.165, 1.54) is 32.1 Å². The summed E-state index contributed by atoms with van der Waals surface area (Å²) in [5.41, 5.74) is 2.48. The summed E-state index contributed by atoms with van der Waals surface area (Å²) in [5.74, 6) is 2.41. The molecule has 0 amide bonds. The van der Waals surface area contributed by atoms with Crippen LogP contribution >= 0.6 is 0 Å². The Morgan fingerprint density at radius 1 is 1.21 bits per heavy atom. The molecule has 2 aliphatic rings. The van der Waals surface area contributed by atoms with Crippen molar-refractivity contribution in [2.24, 2.45) is 10.9 Å². The maximum Gasteiger partial charge on any atom is 0.131 e.